The molecular weight excluding hydrogens is 266 g/mol. The first-order valence-electron chi connectivity index (χ1n) is 5.30. The molecule has 2 unspecified atom stereocenters. The Balaban J connectivity index is 0.00000256. The topological polar surface area (TPSA) is 101 Å². The minimum atomic E-state index is -3.35. The van der Waals surface area contributed by atoms with E-state index in [2.05, 4.69) is 10.0 Å². The normalized spacial score (nSPS) is 19.0. The first-order valence-corrected chi connectivity index (χ1v) is 7.19. The van der Waals surface area contributed by atoms with Gasteiger partial charge >= 0.3 is 0 Å². The van der Waals surface area contributed by atoms with Gasteiger partial charge in [-0.25, -0.2) is 13.1 Å². The highest BCUT2D eigenvalue weighted by atomic mass is 35.5. The molecule has 0 bridgehead atoms. The van der Waals surface area contributed by atoms with E-state index in [-0.39, 0.29) is 24.4 Å². The van der Waals surface area contributed by atoms with Crippen molar-refractivity contribution in [3.8, 4) is 0 Å². The maximum absolute atomic E-state index is 11.5. The fourth-order valence-electron chi connectivity index (χ4n) is 1.44. The first kappa shape index (κ1) is 16.6. The molecule has 1 aliphatic carbocycles. The van der Waals surface area contributed by atoms with Crippen LogP contribution in [0.2, 0.25) is 0 Å². The van der Waals surface area contributed by atoms with E-state index in [1.165, 1.54) is 6.92 Å². The summed E-state index contributed by atoms with van der Waals surface area (Å²) in [7, 11) is -3.35. The number of amides is 1. The molecule has 0 aromatic heterocycles. The van der Waals surface area contributed by atoms with Gasteiger partial charge in [0.2, 0.25) is 15.9 Å². The van der Waals surface area contributed by atoms with Crippen LogP contribution >= 0.6 is 12.4 Å². The van der Waals surface area contributed by atoms with Gasteiger partial charge in [-0.2, -0.15) is 0 Å². The predicted molar refractivity (Wildman–Crippen MR) is 68.4 cm³/mol. The summed E-state index contributed by atoms with van der Waals surface area (Å²) in [5, 5.41) is 2.64. The number of carbonyl (C=O) groups excluding carboxylic acids is 1. The van der Waals surface area contributed by atoms with Gasteiger partial charge < -0.3 is 11.1 Å². The number of halogens is 1. The molecule has 6 nitrogen and oxygen atoms in total. The molecule has 1 aliphatic rings. The van der Waals surface area contributed by atoms with Crippen LogP contribution in [0, 0.1) is 5.92 Å². The zero-order valence-electron chi connectivity index (χ0n) is 9.97. The van der Waals surface area contributed by atoms with Crippen molar-refractivity contribution in [3.63, 3.8) is 0 Å². The van der Waals surface area contributed by atoms with E-state index in [0.29, 0.717) is 12.5 Å². The average Bonchev–Trinajstić information content (AvgIpc) is 2.93. The Morgan fingerprint density at radius 2 is 2.00 bits per heavy atom. The molecule has 0 saturated heterocycles. The molecular formula is C9H20ClN3O3S. The molecule has 102 valence electrons. The van der Waals surface area contributed by atoms with Crippen molar-refractivity contribution in [3.05, 3.63) is 0 Å². The summed E-state index contributed by atoms with van der Waals surface area (Å²) in [6, 6.07) is -0.782. The fraction of sp³-hybridized carbons (Fsp3) is 0.889. The summed E-state index contributed by atoms with van der Waals surface area (Å²) in [5.74, 6) is 0.167. The van der Waals surface area contributed by atoms with Crippen molar-refractivity contribution in [2.24, 2.45) is 11.7 Å². The number of sulfonamides is 1. The smallest absolute Gasteiger partial charge is 0.237 e. The molecule has 0 heterocycles. The molecule has 0 aliphatic heterocycles. The van der Waals surface area contributed by atoms with E-state index < -0.39 is 16.1 Å². The van der Waals surface area contributed by atoms with Crippen molar-refractivity contribution in [2.45, 2.75) is 31.8 Å². The third kappa shape index (κ3) is 6.82. The Bertz CT molecular complexity index is 356. The standard InChI is InChI=1S/C9H19N3O3S.ClH/c1-6(12-16(2,14)15)9(13)11-5-8(10)7-3-4-7;/h6-8,12H,3-5,10H2,1-2H3,(H,11,13);1H. The molecule has 0 aromatic rings. The predicted octanol–water partition coefficient (Wildman–Crippen LogP) is -0.801. The summed E-state index contributed by atoms with van der Waals surface area (Å²) in [6.45, 7) is 1.90. The molecule has 1 amide bonds. The highest BCUT2D eigenvalue weighted by Crippen LogP contribution is 2.31. The van der Waals surface area contributed by atoms with Crippen LogP contribution in [0.3, 0.4) is 0 Å². The summed E-state index contributed by atoms with van der Waals surface area (Å²) in [6.07, 6.45) is 3.26. The SMILES string of the molecule is CC(NS(C)(=O)=O)C(=O)NCC(N)C1CC1.Cl. The Morgan fingerprint density at radius 1 is 1.47 bits per heavy atom. The maximum Gasteiger partial charge on any atom is 0.237 e. The lowest BCUT2D eigenvalue weighted by Crippen LogP contribution is -2.47. The van der Waals surface area contributed by atoms with Crippen LogP contribution in [0.15, 0.2) is 0 Å². The van der Waals surface area contributed by atoms with Crippen molar-refractivity contribution in [1.29, 1.82) is 0 Å². The zero-order valence-corrected chi connectivity index (χ0v) is 11.6. The second-order valence-corrected chi connectivity index (χ2v) is 6.14. The van der Waals surface area contributed by atoms with Gasteiger partial charge in [-0.05, 0) is 25.7 Å². The Hall–Kier alpha value is -0.370. The molecule has 4 N–H and O–H groups in total. The zero-order chi connectivity index (χ0) is 12.3. The highest BCUT2D eigenvalue weighted by molar-refractivity contribution is 7.88. The maximum atomic E-state index is 11.5. The molecule has 8 heteroatoms. The molecule has 17 heavy (non-hydrogen) atoms. The van der Waals surface area contributed by atoms with Gasteiger partial charge in [0, 0.05) is 12.6 Å². The van der Waals surface area contributed by atoms with E-state index in [1.54, 1.807) is 0 Å². The largest absolute Gasteiger partial charge is 0.353 e. The quantitative estimate of drug-likeness (QED) is 0.595. The second kappa shape index (κ2) is 6.53. The minimum absolute atomic E-state index is 0. The van der Waals surface area contributed by atoms with Crippen molar-refractivity contribution < 1.29 is 13.2 Å². The van der Waals surface area contributed by atoms with Crippen LogP contribution in [0.5, 0.6) is 0 Å². The van der Waals surface area contributed by atoms with Gasteiger partial charge in [0.25, 0.3) is 0 Å². The average molecular weight is 286 g/mol. The number of carbonyl (C=O) groups is 1. The van der Waals surface area contributed by atoms with Crippen LogP contribution in [-0.2, 0) is 14.8 Å². The molecule has 0 spiro atoms. The van der Waals surface area contributed by atoms with Crippen LogP contribution in [0.4, 0.5) is 0 Å². The van der Waals surface area contributed by atoms with E-state index in [0.717, 1.165) is 19.1 Å². The molecule has 0 radical (unpaired) electrons. The molecule has 1 fully saturated rings. The number of hydrogen-bond donors (Lipinski definition) is 3. The number of rotatable bonds is 6. The Morgan fingerprint density at radius 3 is 2.41 bits per heavy atom. The van der Waals surface area contributed by atoms with E-state index in [4.69, 9.17) is 5.73 Å². The van der Waals surface area contributed by atoms with Crippen LogP contribution < -0.4 is 15.8 Å². The lowest BCUT2D eigenvalue weighted by molar-refractivity contribution is -0.122. The van der Waals surface area contributed by atoms with E-state index in [9.17, 15) is 13.2 Å². The van der Waals surface area contributed by atoms with E-state index in [1.807, 2.05) is 0 Å². The Kier molecular flexibility index (Phi) is 6.39. The molecule has 1 rings (SSSR count). The minimum Gasteiger partial charge on any atom is -0.353 e. The lowest BCUT2D eigenvalue weighted by atomic mass is 10.2. The van der Waals surface area contributed by atoms with Crippen molar-refractivity contribution >= 4 is 28.3 Å². The highest BCUT2D eigenvalue weighted by Gasteiger charge is 2.29. The van der Waals surface area contributed by atoms with Gasteiger partial charge in [-0.3, -0.25) is 4.79 Å². The second-order valence-electron chi connectivity index (χ2n) is 4.36. The Labute approximate surface area is 108 Å². The van der Waals surface area contributed by atoms with Crippen LogP contribution in [0.25, 0.3) is 0 Å². The molecule has 1 saturated carbocycles. The summed E-state index contributed by atoms with van der Waals surface area (Å²) < 4.78 is 24.0. The van der Waals surface area contributed by atoms with Gasteiger partial charge in [-0.1, -0.05) is 0 Å². The van der Waals surface area contributed by atoms with Crippen molar-refractivity contribution in [1.82, 2.24) is 10.0 Å². The fourth-order valence-corrected chi connectivity index (χ4v) is 2.19. The third-order valence-electron chi connectivity index (χ3n) is 2.52. The van der Waals surface area contributed by atoms with Gasteiger partial charge in [-0.15, -0.1) is 12.4 Å². The summed E-state index contributed by atoms with van der Waals surface area (Å²) in [4.78, 5) is 11.5. The third-order valence-corrected chi connectivity index (χ3v) is 3.31. The number of nitrogens with one attached hydrogen (secondary N) is 2. The van der Waals surface area contributed by atoms with E-state index >= 15 is 0 Å². The first-order chi connectivity index (χ1) is 7.29. The van der Waals surface area contributed by atoms with Crippen molar-refractivity contribution in [2.75, 3.05) is 12.8 Å². The van der Waals surface area contributed by atoms with Gasteiger partial charge in [0.15, 0.2) is 0 Å². The molecule has 2 atom stereocenters. The summed E-state index contributed by atoms with van der Waals surface area (Å²) >= 11 is 0. The molecule has 0 aromatic carbocycles. The van der Waals surface area contributed by atoms with Gasteiger partial charge in [0.05, 0.1) is 12.3 Å². The summed E-state index contributed by atoms with van der Waals surface area (Å²) in [5.41, 5.74) is 5.80. The monoisotopic (exact) mass is 285 g/mol. The number of hydrogen-bond acceptors (Lipinski definition) is 4. The van der Waals surface area contributed by atoms with Crippen LogP contribution in [-0.4, -0.2) is 39.2 Å². The number of nitrogens with two attached hydrogens (primary N) is 1. The lowest BCUT2D eigenvalue weighted by Gasteiger charge is -2.15. The van der Waals surface area contributed by atoms with Crippen LogP contribution in [0.1, 0.15) is 19.8 Å². The van der Waals surface area contributed by atoms with Gasteiger partial charge in [0.1, 0.15) is 0 Å².